The Bertz CT molecular complexity index is 627. The van der Waals surface area contributed by atoms with Gasteiger partial charge < -0.3 is 5.73 Å². The summed E-state index contributed by atoms with van der Waals surface area (Å²) in [5.74, 6) is 0. The third kappa shape index (κ3) is 2.85. The van der Waals surface area contributed by atoms with Crippen molar-refractivity contribution in [1.29, 1.82) is 0 Å². The largest absolute Gasteiger partial charge is 0.398 e. The van der Waals surface area contributed by atoms with Gasteiger partial charge in [-0.3, -0.25) is 4.98 Å². The molecule has 3 N–H and O–H groups in total. The van der Waals surface area contributed by atoms with Crippen LogP contribution in [-0.4, -0.2) is 13.4 Å². The Balaban J connectivity index is 2.16. The fourth-order valence-electron chi connectivity index (χ4n) is 1.48. The molecule has 0 unspecified atom stereocenters. The maximum absolute atomic E-state index is 12.0. The van der Waals surface area contributed by atoms with Crippen molar-refractivity contribution >= 4 is 15.7 Å². The topological polar surface area (TPSA) is 85.1 Å². The van der Waals surface area contributed by atoms with E-state index in [9.17, 15) is 8.42 Å². The smallest absolute Gasteiger partial charge is 0.242 e. The van der Waals surface area contributed by atoms with Gasteiger partial charge in [0.2, 0.25) is 10.0 Å². The van der Waals surface area contributed by atoms with Crippen molar-refractivity contribution in [2.75, 3.05) is 5.73 Å². The number of pyridine rings is 1. The van der Waals surface area contributed by atoms with E-state index in [0.717, 1.165) is 5.56 Å². The van der Waals surface area contributed by atoms with E-state index >= 15 is 0 Å². The lowest BCUT2D eigenvalue weighted by Crippen LogP contribution is -2.24. The second-order valence-corrected chi connectivity index (χ2v) is 5.46. The number of nitrogens with two attached hydrogens (primary N) is 1. The summed E-state index contributed by atoms with van der Waals surface area (Å²) in [4.78, 5) is 4.01. The molecule has 0 aliphatic carbocycles. The van der Waals surface area contributed by atoms with E-state index in [-0.39, 0.29) is 17.1 Å². The number of nitrogens with zero attached hydrogens (tertiary/aromatic N) is 1. The van der Waals surface area contributed by atoms with E-state index in [2.05, 4.69) is 9.71 Å². The number of nitrogen functional groups attached to an aromatic ring is 1. The molecule has 1 heterocycles. The number of anilines is 1. The Labute approximate surface area is 106 Å². The van der Waals surface area contributed by atoms with Crippen molar-refractivity contribution in [1.82, 2.24) is 9.71 Å². The number of benzene rings is 1. The SMILES string of the molecule is Nc1ccccc1S(=O)(=O)NCc1cccnc1. The summed E-state index contributed by atoms with van der Waals surface area (Å²) in [6.45, 7) is 0.185. The molecule has 1 aromatic carbocycles. The molecule has 0 saturated heterocycles. The van der Waals surface area contributed by atoms with Crippen LogP contribution < -0.4 is 10.5 Å². The maximum Gasteiger partial charge on any atom is 0.242 e. The van der Waals surface area contributed by atoms with Crippen molar-refractivity contribution in [2.45, 2.75) is 11.4 Å². The maximum atomic E-state index is 12.0. The van der Waals surface area contributed by atoms with Gasteiger partial charge in [0.15, 0.2) is 0 Å². The lowest BCUT2D eigenvalue weighted by atomic mass is 10.3. The van der Waals surface area contributed by atoms with Crippen LogP contribution >= 0.6 is 0 Å². The van der Waals surface area contributed by atoms with Crippen LogP contribution in [0.1, 0.15) is 5.56 Å². The highest BCUT2D eigenvalue weighted by Gasteiger charge is 2.16. The van der Waals surface area contributed by atoms with Crippen molar-refractivity contribution in [2.24, 2.45) is 0 Å². The highest BCUT2D eigenvalue weighted by atomic mass is 32.2. The molecule has 2 aromatic rings. The van der Waals surface area contributed by atoms with E-state index in [0.29, 0.717) is 0 Å². The molecule has 94 valence electrons. The third-order valence-corrected chi connectivity index (χ3v) is 3.87. The predicted molar refractivity (Wildman–Crippen MR) is 69.1 cm³/mol. The predicted octanol–water partition coefficient (Wildman–Crippen LogP) is 1.14. The first-order valence-corrected chi connectivity index (χ1v) is 6.81. The van der Waals surface area contributed by atoms with Crippen molar-refractivity contribution in [3.8, 4) is 0 Å². The van der Waals surface area contributed by atoms with Gasteiger partial charge in [-0.2, -0.15) is 0 Å². The second kappa shape index (κ2) is 5.16. The summed E-state index contributed by atoms with van der Waals surface area (Å²) in [7, 11) is -3.59. The molecule has 0 atom stereocenters. The summed E-state index contributed by atoms with van der Waals surface area (Å²) < 4.78 is 26.5. The number of hydrogen-bond donors (Lipinski definition) is 2. The number of aromatic nitrogens is 1. The van der Waals surface area contributed by atoms with Gasteiger partial charge in [-0.15, -0.1) is 0 Å². The summed E-state index contributed by atoms with van der Waals surface area (Å²) in [6.07, 6.45) is 3.24. The van der Waals surface area contributed by atoms with Crippen LogP contribution in [0.4, 0.5) is 5.69 Å². The van der Waals surface area contributed by atoms with Crippen LogP contribution in [0, 0.1) is 0 Å². The molecule has 0 fully saturated rings. The number of rotatable bonds is 4. The Morgan fingerprint density at radius 1 is 1.17 bits per heavy atom. The van der Waals surface area contributed by atoms with Crippen LogP contribution in [-0.2, 0) is 16.6 Å². The minimum absolute atomic E-state index is 0.0916. The number of para-hydroxylation sites is 1. The first-order valence-electron chi connectivity index (χ1n) is 5.33. The second-order valence-electron chi connectivity index (χ2n) is 3.72. The summed E-state index contributed by atoms with van der Waals surface area (Å²) >= 11 is 0. The van der Waals surface area contributed by atoms with E-state index in [1.165, 1.54) is 6.07 Å². The third-order valence-electron chi connectivity index (χ3n) is 2.40. The van der Waals surface area contributed by atoms with Crippen LogP contribution in [0.5, 0.6) is 0 Å². The van der Waals surface area contributed by atoms with Gasteiger partial charge in [-0.25, -0.2) is 13.1 Å². The van der Waals surface area contributed by atoms with Crippen molar-refractivity contribution in [3.63, 3.8) is 0 Å². The van der Waals surface area contributed by atoms with Gasteiger partial charge in [0.25, 0.3) is 0 Å². The minimum atomic E-state index is -3.59. The summed E-state index contributed by atoms with van der Waals surface area (Å²) in [5, 5.41) is 0. The molecule has 0 saturated carbocycles. The fraction of sp³-hybridized carbons (Fsp3) is 0.0833. The number of nitrogens with one attached hydrogen (secondary N) is 1. The molecule has 0 bridgehead atoms. The molecule has 0 radical (unpaired) electrons. The van der Waals surface area contributed by atoms with E-state index < -0.39 is 10.0 Å². The molecule has 0 aliphatic heterocycles. The molecule has 1 aromatic heterocycles. The van der Waals surface area contributed by atoms with Gasteiger partial charge in [0.1, 0.15) is 4.90 Å². The summed E-state index contributed by atoms with van der Waals surface area (Å²) in [5.41, 5.74) is 6.66. The minimum Gasteiger partial charge on any atom is -0.398 e. The molecule has 0 spiro atoms. The molecular formula is C12H13N3O2S. The zero-order valence-electron chi connectivity index (χ0n) is 9.58. The van der Waals surface area contributed by atoms with Crippen LogP contribution in [0.2, 0.25) is 0 Å². The van der Waals surface area contributed by atoms with Crippen LogP contribution in [0.15, 0.2) is 53.7 Å². The van der Waals surface area contributed by atoms with E-state index in [1.807, 2.05) is 0 Å². The molecule has 0 aliphatic rings. The van der Waals surface area contributed by atoms with Gasteiger partial charge in [0.05, 0.1) is 5.69 Å². The Morgan fingerprint density at radius 3 is 2.61 bits per heavy atom. The zero-order valence-corrected chi connectivity index (χ0v) is 10.4. The zero-order chi connectivity index (χ0) is 13.0. The highest BCUT2D eigenvalue weighted by molar-refractivity contribution is 7.89. The Kier molecular flexibility index (Phi) is 3.59. The quantitative estimate of drug-likeness (QED) is 0.810. The number of sulfonamides is 1. The molecule has 2 rings (SSSR count). The molecule has 0 amide bonds. The fourth-order valence-corrected chi connectivity index (χ4v) is 2.63. The first-order chi connectivity index (χ1) is 8.59. The standard InChI is InChI=1S/C12H13N3O2S/c13-11-5-1-2-6-12(11)18(16,17)15-9-10-4-3-7-14-8-10/h1-8,15H,9,13H2. The molecule has 5 nitrogen and oxygen atoms in total. The lowest BCUT2D eigenvalue weighted by molar-refractivity contribution is 0.581. The monoisotopic (exact) mass is 263 g/mol. The van der Waals surface area contributed by atoms with Gasteiger partial charge in [0, 0.05) is 18.9 Å². The number of hydrogen-bond acceptors (Lipinski definition) is 4. The average molecular weight is 263 g/mol. The average Bonchev–Trinajstić information content (AvgIpc) is 2.38. The van der Waals surface area contributed by atoms with Crippen LogP contribution in [0.3, 0.4) is 0 Å². The Hall–Kier alpha value is -1.92. The normalized spacial score (nSPS) is 11.3. The highest BCUT2D eigenvalue weighted by Crippen LogP contribution is 2.17. The van der Waals surface area contributed by atoms with E-state index in [4.69, 9.17) is 5.73 Å². The van der Waals surface area contributed by atoms with Crippen molar-refractivity contribution < 1.29 is 8.42 Å². The van der Waals surface area contributed by atoms with Gasteiger partial charge in [-0.05, 0) is 23.8 Å². The van der Waals surface area contributed by atoms with Crippen LogP contribution in [0.25, 0.3) is 0 Å². The van der Waals surface area contributed by atoms with Gasteiger partial charge in [-0.1, -0.05) is 18.2 Å². The van der Waals surface area contributed by atoms with Gasteiger partial charge >= 0.3 is 0 Å². The molecular weight excluding hydrogens is 250 g/mol. The molecule has 6 heteroatoms. The summed E-state index contributed by atoms with van der Waals surface area (Å²) in [6, 6.07) is 9.90. The van der Waals surface area contributed by atoms with Crippen molar-refractivity contribution in [3.05, 3.63) is 54.4 Å². The first kappa shape index (κ1) is 12.5. The molecule has 18 heavy (non-hydrogen) atoms. The lowest BCUT2D eigenvalue weighted by Gasteiger charge is -2.08. The van der Waals surface area contributed by atoms with E-state index in [1.54, 1.807) is 42.7 Å². The Morgan fingerprint density at radius 2 is 1.94 bits per heavy atom.